The molecule has 1 rings (SSSR count). The molecule has 0 aliphatic carbocycles. The first-order chi connectivity index (χ1) is 6.84. The zero-order valence-electron chi connectivity index (χ0n) is 8.96. The Morgan fingerprint density at radius 1 is 1.50 bits per heavy atom. The second kappa shape index (κ2) is 6.52. The van der Waals surface area contributed by atoms with Crippen LogP contribution in [0.1, 0.15) is 45.4 Å². The Morgan fingerprint density at radius 3 is 3.00 bits per heavy atom. The average Bonchev–Trinajstić information content (AvgIpc) is 2.25. The van der Waals surface area contributed by atoms with Crippen LogP contribution in [0.3, 0.4) is 0 Å². The van der Waals surface area contributed by atoms with E-state index in [0.29, 0.717) is 5.76 Å². The molecule has 1 saturated heterocycles. The summed E-state index contributed by atoms with van der Waals surface area (Å²) < 4.78 is 5.38. The van der Waals surface area contributed by atoms with E-state index in [4.69, 9.17) is 4.74 Å². The molecule has 2 heteroatoms. The van der Waals surface area contributed by atoms with Crippen molar-refractivity contribution in [2.45, 2.75) is 45.4 Å². The van der Waals surface area contributed by atoms with E-state index in [9.17, 15) is 5.11 Å². The molecule has 0 aromatic heterocycles. The minimum absolute atomic E-state index is 0.320. The Hall–Kier alpha value is -0.920. The maximum absolute atomic E-state index is 9.64. The highest BCUT2D eigenvalue weighted by molar-refractivity contribution is 5.15. The van der Waals surface area contributed by atoms with Crippen LogP contribution in [0.4, 0.5) is 0 Å². The Morgan fingerprint density at radius 2 is 2.36 bits per heavy atom. The van der Waals surface area contributed by atoms with E-state index in [2.05, 4.69) is 6.92 Å². The molecule has 0 spiro atoms. The maximum Gasteiger partial charge on any atom is 0.152 e. The summed E-state index contributed by atoms with van der Waals surface area (Å²) in [6, 6.07) is 0. The molecule has 0 aromatic carbocycles. The van der Waals surface area contributed by atoms with Gasteiger partial charge in [0.2, 0.25) is 0 Å². The molecule has 2 nitrogen and oxygen atoms in total. The van der Waals surface area contributed by atoms with Crippen molar-refractivity contribution in [3.63, 3.8) is 0 Å². The van der Waals surface area contributed by atoms with Crippen molar-refractivity contribution in [2.75, 3.05) is 6.61 Å². The van der Waals surface area contributed by atoms with Gasteiger partial charge in [-0.2, -0.15) is 0 Å². The molecule has 1 aliphatic rings. The van der Waals surface area contributed by atoms with E-state index in [-0.39, 0.29) is 0 Å². The number of aliphatic hydroxyl groups excluding tert-OH is 1. The van der Waals surface area contributed by atoms with Crippen LogP contribution in [0.15, 0.2) is 23.7 Å². The SMILES string of the molecule is CCCCC=CC(O)=C1CCCCO1. The molecule has 0 amide bonds. The van der Waals surface area contributed by atoms with E-state index >= 15 is 0 Å². The Balaban J connectivity index is 2.37. The summed E-state index contributed by atoms with van der Waals surface area (Å²) in [6.45, 7) is 2.92. The first kappa shape index (κ1) is 11.2. The third kappa shape index (κ3) is 3.86. The molecular weight excluding hydrogens is 176 g/mol. The molecule has 0 radical (unpaired) electrons. The Bertz CT molecular complexity index is 208. The van der Waals surface area contributed by atoms with Gasteiger partial charge in [-0.05, 0) is 25.3 Å². The topological polar surface area (TPSA) is 29.5 Å². The zero-order chi connectivity index (χ0) is 10.2. The highest BCUT2D eigenvalue weighted by Gasteiger charge is 2.09. The van der Waals surface area contributed by atoms with Crippen molar-refractivity contribution in [1.29, 1.82) is 0 Å². The van der Waals surface area contributed by atoms with Gasteiger partial charge < -0.3 is 9.84 Å². The fraction of sp³-hybridized carbons (Fsp3) is 0.667. The van der Waals surface area contributed by atoms with Crippen molar-refractivity contribution in [2.24, 2.45) is 0 Å². The summed E-state index contributed by atoms with van der Waals surface area (Å²) >= 11 is 0. The molecule has 0 aromatic rings. The van der Waals surface area contributed by atoms with Crippen LogP contribution in [0, 0.1) is 0 Å². The quantitative estimate of drug-likeness (QED) is 0.548. The number of hydrogen-bond donors (Lipinski definition) is 1. The van der Waals surface area contributed by atoms with E-state index in [1.165, 1.54) is 12.8 Å². The highest BCUT2D eigenvalue weighted by atomic mass is 16.5. The number of ether oxygens (including phenoxy) is 1. The minimum Gasteiger partial charge on any atom is -0.505 e. The predicted molar refractivity (Wildman–Crippen MR) is 58.1 cm³/mol. The van der Waals surface area contributed by atoms with Crippen LogP contribution >= 0.6 is 0 Å². The van der Waals surface area contributed by atoms with Crippen LogP contribution in [0.5, 0.6) is 0 Å². The van der Waals surface area contributed by atoms with Crippen molar-refractivity contribution in [3.05, 3.63) is 23.7 Å². The molecule has 0 bridgehead atoms. The fourth-order valence-electron chi connectivity index (χ4n) is 1.47. The van der Waals surface area contributed by atoms with Gasteiger partial charge in [0, 0.05) is 6.42 Å². The van der Waals surface area contributed by atoms with E-state index in [1.807, 2.05) is 6.08 Å². The van der Waals surface area contributed by atoms with Gasteiger partial charge in [0.05, 0.1) is 6.61 Å². The largest absolute Gasteiger partial charge is 0.505 e. The molecule has 14 heavy (non-hydrogen) atoms. The third-order valence-corrected chi connectivity index (χ3v) is 2.36. The molecule has 1 aliphatic heterocycles. The summed E-state index contributed by atoms with van der Waals surface area (Å²) in [4.78, 5) is 0. The highest BCUT2D eigenvalue weighted by Crippen LogP contribution is 2.19. The fourth-order valence-corrected chi connectivity index (χ4v) is 1.47. The van der Waals surface area contributed by atoms with Gasteiger partial charge in [-0.1, -0.05) is 25.8 Å². The monoisotopic (exact) mass is 196 g/mol. The van der Waals surface area contributed by atoms with Crippen LogP contribution in [0.25, 0.3) is 0 Å². The first-order valence-electron chi connectivity index (χ1n) is 5.56. The van der Waals surface area contributed by atoms with Gasteiger partial charge >= 0.3 is 0 Å². The number of aliphatic hydroxyl groups is 1. The van der Waals surface area contributed by atoms with Gasteiger partial charge in [0.25, 0.3) is 0 Å². The minimum atomic E-state index is 0.320. The number of allylic oxidation sites excluding steroid dienone is 3. The molecule has 80 valence electrons. The lowest BCUT2D eigenvalue weighted by molar-refractivity contribution is 0.150. The third-order valence-electron chi connectivity index (χ3n) is 2.36. The van der Waals surface area contributed by atoms with E-state index in [0.717, 1.165) is 38.0 Å². The van der Waals surface area contributed by atoms with Crippen molar-refractivity contribution >= 4 is 0 Å². The molecule has 1 fully saturated rings. The summed E-state index contributed by atoms with van der Waals surface area (Å²) in [7, 11) is 0. The molecular formula is C12H20O2. The number of unbranched alkanes of at least 4 members (excludes halogenated alkanes) is 2. The molecule has 1 N–H and O–H groups in total. The van der Waals surface area contributed by atoms with Crippen molar-refractivity contribution in [1.82, 2.24) is 0 Å². The first-order valence-corrected chi connectivity index (χ1v) is 5.56. The number of hydrogen-bond acceptors (Lipinski definition) is 2. The van der Waals surface area contributed by atoms with Crippen molar-refractivity contribution < 1.29 is 9.84 Å². The van der Waals surface area contributed by atoms with Crippen LogP contribution < -0.4 is 0 Å². The lowest BCUT2D eigenvalue weighted by Gasteiger charge is -2.16. The standard InChI is InChI=1S/C12H20O2/c1-2-3-4-5-8-11(13)12-9-6-7-10-14-12/h5,8,13H,2-4,6-7,9-10H2,1H3. The lowest BCUT2D eigenvalue weighted by atomic mass is 10.1. The second-order valence-electron chi connectivity index (χ2n) is 3.66. The predicted octanol–water partition coefficient (Wildman–Crippen LogP) is 3.70. The smallest absolute Gasteiger partial charge is 0.152 e. The summed E-state index contributed by atoms with van der Waals surface area (Å²) in [5, 5.41) is 9.64. The zero-order valence-corrected chi connectivity index (χ0v) is 8.96. The Labute approximate surface area is 86.3 Å². The summed E-state index contributed by atoms with van der Waals surface area (Å²) in [5.74, 6) is 1.09. The van der Waals surface area contributed by atoms with Crippen LogP contribution in [0.2, 0.25) is 0 Å². The van der Waals surface area contributed by atoms with Crippen LogP contribution in [-0.4, -0.2) is 11.7 Å². The maximum atomic E-state index is 9.64. The number of rotatable bonds is 4. The van der Waals surface area contributed by atoms with Gasteiger partial charge in [0.15, 0.2) is 5.76 Å². The van der Waals surface area contributed by atoms with Crippen molar-refractivity contribution in [3.8, 4) is 0 Å². The van der Waals surface area contributed by atoms with E-state index < -0.39 is 0 Å². The second-order valence-corrected chi connectivity index (χ2v) is 3.66. The summed E-state index contributed by atoms with van der Waals surface area (Å²) in [6.07, 6.45) is 10.3. The molecule has 0 atom stereocenters. The Kier molecular flexibility index (Phi) is 5.20. The van der Waals surface area contributed by atoms with E-state index in [1.54, 1.807) is 6.08 Å². The summed E-state index contributed by atoms with van der Waals surface area (Å²) in [5.41, 5.74) is 0. The molecule has 0 unspecified atom stereocenters. The molecule has 0 saturated carbocycles. The van der Waals surface area contributed by atoms with Gasteiger partial charge in [-0.25, -0.2) is 0 Å². The average molecular weight is 196 g/mol. The van der Waals surface area contributed by atoms with Crippen LogP contribution in [-0.2, 0) is 4.74 Å². The molecule has 1 heterocycles. The van der Waals surface area contributed by atoms with Gasteiger partial charge in [-0.15, -0.1) is 0 Å². The normalized spacial score (nSPS) is 20.9. The van der Waals surface area contributed by atoms with Gasteiger partial charge in [0.1, 0.15) is 5.76 Å². The van der Waals surface area contributed by atoms with Gasteiger partial charge in [-0.3, -0.25) is 0 Å². The lowest BCUT2D eigenvalue weighted by Crippen LogP contribution is -2.05.